The molecule has 0 aliphatic carbocycles. The van der Waals surface area contributed by atoms with Crippen LogP contribution in [0.4, 0.5) is 5.95 Å². The van der Waals surface area contributed by atoms with Crippen LogP contribution in [-0.2, 0) is 6.54 Å². The van der Waals surface area contributed by atoms with Crippen LogP contribution in [-0.4, -0.2) is 32.7 Å². The number of ether oxygens (including phenoxy) is 1. The van der Waals surface area contributed by atoms with E-state index in [4.69, 9.17) is 16.3 Å². The normalized spacial score (nSPS) is 17.1. The topological polar surface area (TPSA) is 64.9 Å². The van der Waals surface area contributed by atoms with Crippen molar-refractivity contribution in [3.8, 4) is 5.88 Å². The predicted molar refractivity (Wildman–Crippen MR) is 85.6 cm³/mol. The first-order valence-electron chi connectivity index (χ1n) is 7.60. The second-order valence-electron chi connectivity index (χ2n) is 5.43. The van der Waals surface area contributed by atoms with E-state index in [1.165, 1.54) is 6.42 Å². The first kappa shape index (κ1) is 15.1. The fourth-order valence-corrected chi connectivity index (χ4v) is 2.94. The summed E-state index contributed by atoms with van der Waals surface area (Å²) in [6, 6.07) is 0. The molecule has 0 saturated carbocycles. The Balaban J connectivity index is 1.69. The van der Waals surface area contributed by atoms with Gasteiger partial charge in [0.05, 0.1) is 18.5 Å². The van der Waals surface area contributed by atoms with E-state index in [0.29, 0.717) is 29.4 Å². The lowest BCUT2D eigenvalue weighted by atomic mass is 9.99. The highest BCUT2D eigenvalue weighted by atomic mass is 35.5. The molecule has 6 nitrogen and oxygen atoms in total. The summed E-state index contributed by atoms with van der Waals surface area (Å²) in [4.78, 5) is 13.2. The number of nitrogens with zero attached hydrogens (tertiary/aromatic N) is 4. The summed E-state index contributed by atoms with van der Waals surface area (Å²) in [6.07, 6.45) is 5.97. The molecule has 1 aliphatic heterocycles. The number of nitrogens with one attached hydrogen (secondary N) is 1. The van der Waals surface area contributed by atoms with E-state index in [-0.39, 0.29) is 0 Å². The van der Waals surface area contributed by atoms with Crippen molar-refractivity contribution in [3.05, 3.63) is 28.9 Å². The maximum Gasteiger partial charge on any atom is 0.237 e. The zero-order valence-electron chi connectivity index (χ0n) is 12.8. The number of anilines is 1. The van der Waals surface area contributed by atoms with Crippen molar-refractivity contribution in [1.29, 1.82) is 0 Å². The van der Waals surface area contributed by atoms with Gasteiger partial charge in [0, 0.05) is 25.2 Å². The maximum atomic E-state index is 6.00. The van der Waals surface area contributed by atoms with E-state index in [2.05, 4.69) is 31.0 Å². The third-order valence-electron chi connectivity index (χ3n) is 3.74. The van der Waals surface area contributed by atoms with Crippen molar-refractivity contribution in [1.82, 2.24) is 19.5 Å². The Morgan fingerprint density at radius 2 is 2.32 bits per heavy atom. The lowest BCUT2D eigenvalue weighted by Crippen LogP contribution is -2.22. The fourth-order valence-electron chi connectivity index (χ4n) is 2.79. The molecule has 3 rings (SSSR count). The minimum absolute atomic E-state index is 0.372. The molecule has 0 amide bonds. The summed E-state index contributed by atoms with van der Waals surface area (Å²) < 4.78 is 7.64. The molecule has 0 spiro atoms. The van der Waals surface area contributed by atoms with Crippen molar-refractivity contribution in [3.63, 3.8) is 0 Å². The van der Waals surface area contributed by atoms with Gasteiger partial charge in [0.1, 0.15) is 10.8 Å². The number of fused-ring (bicyclic) bond motifs is 1. The Bertz CT molecular complexity index is 657. The Hall–Kier alpha value is -1.82. The van der Waals surface area contributed by atoms with Gasteiger partial charge in [-0.05, 0) is 26.7 Å². The van der Waals surface area contributed by atoms with E-state index in [1.54, 1.807) is 6.20 Å². The average molecular weight is 322 g/mol. The van der Waals surface area contributed by atoms with Crippen molar-refractivity contribution in [2.24, 2.45) is 0 Å². The van der Waals surface area contributed by atoms with Gasteiger partial charge in [-0.2, -0.15) is 4.98 Å². The van der Waals surface area contributed by atoms with Crippen molar-refractivity contribution in [2.75, 3.05) is 18.5 Å². The number of imidazole rings is 1. The van der Waals surface area contributed by atoms with Crippen LogP contribution >= 0.6 is 11.6 Å². The van der Waals surface area contributed by atoms with Gasteiger partial charge in [-0.25, -0.2) is 9.97 Å². The monoisotopic (exact) mass is 321 g/mol. The van der Waals surface area contributed by atoms with E-state index in [9.17, 15) is 0 Å². The average Bonchev–Trinajstić information content (AvgIpc) is 2.89. The first-order chi connectivity index (χ1) is 10.7. The lowest BCUT2D eigenvalue weighted by Gasteiger charge is -2.23. The highest BCUT2D eigenvalue weighted by Crippen LogP contribution is 2.27. The Morgan fingerprint density at radius 3 is 3.14 bits per heavy atom. The molecule has 3 heterocycles. The Morgan fingerprint density at radius 1 is 1.45 bits per heavy atom. The fraction of sp³-hybridized carbons (Fsp3) is 0.533. The number of aromatic nitrogens is 4. The number of rotatable bonds is 5. The highest BCUT2D eigenvalue weighted by molar-refractivity contribution is 6.31. The van der Waals surface area contributed by atoms with Gasteiger partial charge in [-0.3, -0.25) is 0 Å². The van der Waals surface area contributed by atoms with Crippen molar-refractivity contribution in [2.45, 2.75) is 39.2 Å². The van der Waals surface area contributed by atoms with Crippen LogP contribution in [0.15, 0.2) is 12.4 Å². The maximum absolute atomic E-state index is 6.00. The quantitative estimate of drug-likeness (QED) is 0.917. The summed E-state index contributed by atoms with van der Waals surface area (Å²) in [6.45, 7) is 6.26. The van der Waals surface area contributed by atoms with Gasteiger partial charge in [0.15, 0.2) is 0 Å². The molecule has 1 aliphatic rings. The molecule has 1 N–H and O–H groups in total. The Kier molecular flexibility index (Phi) is 4.47. The molecule has 0 radical (unpaired) electrons. The molecule has 0 aromatic carbocycles. The van der Waals surface area contributed by atoms with Crippen LogP contribution in [0.2, 0.25) is 5.02 Å². The van der Waals surface area contributed by atoms with Crippen LogP contribution in [0.5, 0.6) is 5.88 Å². The third-order valence-corrected chi connectivity index (χ3v) is 4.00. The number of hydrogen-bond acceptors (Lipinski definition) is 5. The first-order valence-corrected chi connectivity index (χ1v) is 7.98. The predicted octanol–water partition coefficient (Wildman–Crippen LogP) is 3.02. The van der Waals surface area contributed by atoms with Gasteiger partial charge in [-0.15, -0.1) is 0 Å². The summed E-state index contributed by atoms with van der Waals surface area (Å²) in [7, 11) is 0. The summed E-state index contributed by atoms with van der Waals surface area (Å²) in [5.74, 6) is 2.48. The molecule has 0 bridgehead atoms. The zero-order valence-corrected chi connectivity index (χ0v) is 13.6. The van der Waals surface area contributed by atoms with E-state index < -0.39 is 0 Å². The number of hydrogen-bond donors (Lipinski definition) is 1. The SMILES string of the molecule is CCOc1nc(NCC2CCCn3cc(C)nc32)ncc1Cl. The van der Waals surface area contributed by atoms with Crippen LogP contribution in [0.3, 0.4) is 0 Å². The number of aryl methyl sites for hydroxylation is 2. The second-order valence-corrected chi connectivity index (χ2v) is 5.84. The molecule has 7 heteroatoms. The minimum atomic E-state index is 0.372. The minimum Gasteiger partial charge on any atom is -0.477 e. The zero-order chi connectivity index (χ0) is 15.5. The van der Waals surface area contributed by atoms with E-state index >= 15 is 0 Å². The molecule has 1 atom stereocenters. The summed E-state index contributed by atoms with van der Waals surface area (Å²) >= 11 is 6.00. The van der Waals surface area contributed by atoms with Crippen LogP contribution in [0.25, 0.3) is 0 Å². The second kappa shape index (κ2) is 6.52. The van der Waals surface area contributed by atoms with E-state index in [1.807, 2.05) is 13.8 Å². The van der Waals surface area contributed by atoms with Crippen LogP contribution < -0.4 is 10.1 Å². The summed E-state index contributed by atoms with van der Waals surface area (Å²) in [5.41, 5.74) is 1.07. The van der Waals surface area contributed by atoms with Crippen molar-refractivity contribution >= 4 is 17.5 Å². The van der Waals surface area contributed by atoms with Gasteiger partial charge < -0.3 is 14.6 Å². The van der Waals surface area contributed by atoms with Gasteiger partial charge in [-0.1, -0.05) is 11.6 Å². The Labute approximate surface area is 134 Å². The molecule has 2 aromatic heterocycles. The van der Waals surface area contributed by atoms with Crippen LogP contribution in [0, 0.1) is 6.92 Å². The number of halogens is 1. The largest absolute Gasteiger partial charge is 0.477 e. The van der Waals surface area contributed by atoms with Crippen molar-refractivity contribution < 1.29 is 4.74 Å². The lowest BCUT2D eigenvalue weighted by molar-refractivity contribution is 0.327. The van der Waals surface area contributed by atoms with E-state index in [0.717, 1.165) is 31.0 Å². The highest BCUT2D eigenvalue weighted by Gasteiger charge is 2.22. The van der Waals surface area contributed by atoms with Gasteiger partial charge >= 0.3 is 0 Å². The van der Waals surface area contributed by atoms with Crippen LogP contribution in [0.1, 0.15) is 37.2 Å². The molecular formula is C15H20ClN5O. The molecule has 0 fully saturated rings. The molecule has 0 saturated heterocycles. The third kappa shape index (κ3) is 3.16. The smallest absolute Gasteiger partial charge is 0.237 e. The molecule has 118 valence electrons. The molecular weight excluding hydrogens is 302 g/mol. The molecule has 22 heavy (non-hydrogen) atoms. The molecule has 1 unspecified atom stereocenters. The summed E-state index contributed by atoms with van der Waals surface area (Å²) in [5, 5.41) is 3.70. The molecule has 2 aromatic rings. The standard InChI is InChI=1S/C15H20ClN5O/c1-3-22-14-12(16)8-18-15(20-14)17-7-11-5-4-6-21-9-10(2)19-13(11)21/h8-9,11H,3-7H2,1-2H3,(H,17,18,20). The van der Waals surface area contributed by atoms with Gasteiger partial charge in [0.2, 0.25) is 11.8 Å². The van der Waals surface area contributed by atoms with Gasteiger partial charge in [0.25, 0.3) is 0 Å².